The number of esters is 1. The number of carbonyl (C=O) groups is 2. The number of pyridine rings is 2. The summed E-state index contributed by atoms with van der Waals surface area (Å²) in [6.07, 6.45) is 1.41. The van der Waals surface area contributed by atoms with Gasteiger partial charge in [0.1, 0.15) is 24.0 Å². The number of amides is 1. The van der Waals surface area contributed by atoms with E-state index in [4.69, 9.17) is 27.9 Å². The van der Waals surface area contributed by atoms with Crippen LogP contribution in [0.4, 0.5) is 0 Å². The van der Waals surface area contributed by atoms with Crippen LogP contribution < -0.4 is 5.32 Å². The first-order chi connectivity index (χ1) is 12.5. The molecule has 2 aromatic heterocycles. The molecule has 0 atom stereocenters. The molecule has 0 saturated carbocycles. The van der Waals surface area contributed by atoms with E-state index in [9.17, 15) is 9.59 Å². The molecule has 0 saturated heterocycles. The van der Waals surface area contributed by atoms with Gasteiger partial charge in [0.2, 0.25) is 0 Å². The van der Waals surface area contributed by atoms with Gasteiger partial charge in [-0.05, 0) is 24.3 Å². The van der Waals surface area contributed by atoms with Crippen LogP contribution in [0.2, 0.25) is 10.2 Å². The number of para-hydroxylation sites is 1. The van der Waals surface area contributed by atoms with E-state index in [1.54, 1.807) is 6.07 Å². The summed E-state index contributed by atoms with van der Waals surface area (Å²) in [7, 11) is 0. The van der Waals surface area contributed by atoms with Crippen molar-refractivity contribution >= 4 is 46.0 Å². The summed E-state index contributed by atoms with van der Waals surface area (Å²) in [6.45, 7) is -0.341. The number of hydrogen-bond acceptors (Lipinski definition) is 5. The maximum atomic E-state index is 11.9. The lowest BCUT2D eigenvalue weighted by Gasteiger charge is -2.08. The number of rotatable bonds is 5. The zero-order chi connectivity index (χ0) is 18.5. The van der Waals surface area contributed by atoms with Gasteiger partial charge in [-0.2, -0.15) is 0 Å². The van der Waals surface area contributed by atoms with Crippen LogP contribution in [0.1, 0.15) is 16.1 Å². The maximum absolute atomic E-state index is 11.9. The van der Waals surface area contributed by atoms with Gasteiger partial charge in [0, 0.05) is 22.2 Å². The van der Waals surface area contributed by atoms with Crippen LogP contribution in [0.15, 0.2) is 48.7 Å². The highest BCUT2D eigenvalue weighted by Crippen LogP contribution is 2.21. The van der Waals surface area contributed by atoms with E-state index in [0.29, 0.717) is 10.6 Å². The number of fused-ring (bicyclic) bond motifs is 1. The number of hydrogen-bond donors (Lipinski definition) is 1. The van der Waals surface area contributed by atoms with Gasteiger partial charge in [-0.15, -0.1) is 0 Å². The van der Waals surface area contributed by atoms with E-state index < -0.39 is 11.9 Å². The van der Waals surface area contributed by atoms with Crippen LogP contribution in [0.25, 0.3) is 10.9 Å². The van der Waals surface area contributed by atoms with E-state index in [1.807, 2.05) is 30.3 Å². The minimum atomic E-state index is -0.607. The Morgan fingerprint density at radius 2 is 1.92 bits per heavy atom. The molecule has 132 valence electrons. The van der Waals surface area contributed by atoms with Gasteiger partial charge in [-0.3, -0.25) is 14.6 Å². The highest BCUT2D eigenvalue weighted by molar-refractivity contribution is 6.31. The van der Waals surface area contributed by atoms with Crippen molar-refractivity contribution in [2.75, 3.05) is 6.54 Å². The lowest BCUT2D eigenvalue weighted by atomic mass is 10.2. The first-order valence-corrected chi connectivity index (χ1v) is 8.38. The Bertz CT molecular complexity index is 979. The van der Waals surface area contributed by atoms with E-state index in [1.165, 1.54) is 12.3 Å². The van der Waals surface area contributed by atoms with Crippen molar-refractivity contribution in [3.05, 3.63) is 70.1 Å². The molecule has 3 aromatic rings. The summed E-state index contributed by atoms with van der Waals surface area (Å²) in [5.41, 5.74) is 1.46. The fraction of sp³-hybridized carbons (Fsp3) is 0.111. The highest BCUT2D eigenvalue weighted by Gasteiger charge is 2.12. The van der Waals surface area contributed by atoms with E-state index in [0.717, 1.165) is 10.9 Å². The number of aromatic nitrogens is 2. The molecular formula is C18H13Cl2N3O3. The number of nitrogens with one attached hydrogen (secondary N) is 1. The van der Waals surface area contributed by atoms with Gasteiger partial charge in [0.05, 0.1) is 5.52 Å². The second-order valence-corrected chi connectivity index (χ2v) is 6.13. The van der Waals surface area contributed by atoms with Crippen LogP contribution in [0.3, 0.4) is 0 Å². The number of carbonyl (C=O) groups excluding carboxylic acids is 2. The normalized spacial score (nSPS) is 10.5. The SMILES string of the molecule is O=C(CNC(=O)c1cc(Cl)ccn1)OCc1cc2ccccc2nc1Cl. The van der Waals surface area contributed by atoms with Crippen LogP contribution >= 0.6 is 23.2 Å². The Hall–Kier alpha value is -2.70. The third-order valence-electron chi connectivity index (χ3n) is 3.49. The molecule has 0 unspecified atom stereocenters. The second-order valence-electron chi connectivity index (χ2n) is 5.33. The predicted octanol–water partition coefficient (Wildman–Crippen LogP) is 3.41. The summed E-state index contributed by atoms with van der Waals surface area (Å²) in [4.78, 5) is 31.9. The van der Waals surface area contributed by atoms with Crippen molar-refractivity contribution in [3.63, 3.8) is 0 Å². The Balaban J connectivity index is 1.56. The van der Waals surface area contributed by atoms with E-state index >= 15 is 0 Å². The predicted molar refractivity (Wildman–Crippen MR) is 98.1 cm³/mol. The Morgan fingerprint density at radius 1 is 1.12 bits per heavy atom. The minimum Gasteiger partial charge on any atom is -0.459 e. The minimum absolute atomic E-state index is 0.0409. The van der Waals surface area contributed by atoms with Gasteiger partial charge in [-0.25, -0.2) is 4.98 Å². The monoisotopic (exact) mass is 389 g/mol. The fourth-order valence-electron chi connectivity index (χ4n) is 2.22. The zero-order valence-corrected chi connectivity index (χ0v) is 14.9. The van der Waals surface area contributed by atoms with Gasteiger partial charge in [0.25, 0.3) is 5.91 Å². The molecule has 0 fully saturated rings. The largest absolute Gasteiger partial charge is 0.459 e. The van der Waals surface area contributed by atoms with Gasteiger partial charge in [-0.1, -0.05) is 41.4 Å². The number of halogens is 2. The molecule has 6 nitrogen and oxygen atoms in total. The lowest BCUT2D eigenvalue weighted by molar-refractivity contribution is -0.143. The summed E-state index contributed by atoms with van der Waals surface area (Å²) >= 11 is 11.9. The molecule has 0 spiro atoms. The molecule has 1 aromatic carbocycles. The molecule has 26 heavy (non-hydrogen) atoms. The first kappa shape index (κ1) is 18.1. The third kappa shape index (κ3) is 4.47. The topological polar surface area (TPSA) is 81.2 Å². The van der Waals surface area contributed by atoms with Crippen molar-refractivity contribution in [2.24, 2.45) is 0 Å². The Kier molecular flexibility index (Phi) is 5.65. The zero-order valence-electron chi connectivity index (χ0n) is 13.4. The molecule has 0 aliphatic carbocycles. The molecular weight excluding hydrogens is 377 g/mol. The second kappa shape index (κ2) is 8.12. The van der Waals surface area contributed by atoms with Crippen molar-refractivity contribution < 1.29 is 14.3 Å². The average Bonchev–Trinajstić information content (AvgIpc) is 2.64. The summed E-state index contributed by atoms with van der Waals surface area (Å²) in [5, 5.41) is 3.96. The summed E-state index contributed by atoms with van der Waals surface area (Å²) < 4.78 is 5.14. The highest BCUT2D eigenvalue weighted by atomic mass is 35.5. The van der Waals surface area contributed by atoms with Crippen LogP contribution in [-0.2, 0) is 16.1 Å². The first-order valence-electron chi connectivity index (χ1n) is 7.62. The van der Waals surface area contributed by atoms with Crippen molar-refractivity contribution in [2.45, 2.75) is 6.61 Å². The standard InChI is InChI=1S/C18H13Cl2N3O3/c19-13-5-6-21-15(8-13)18(25)22-9-16(24)26-10-12-7-11-3-1-2-4-14(11)23-17(12)20/h1-8H,9-10H2,(H,22,25). The van der Waals surface area contributed by atoms with Crippen LogP contribution in [0.5, 0.6) is 0 Å². The molecule has 2 heterocycles. The van der Waals surface area contributed by atoms with Gasteiger partial charge >= 0.3 is 5.97 Å². The lowest BCUT2D eigenvalue weighted by Crippen LogP contribution is -2.31. The fourth-order valence-corrected chi connectivity index (χ4v) is 2.58. The number of benzene rings is 1. The molecule has 0 radical (unpaired) electrons. The van der Waals surface area contributed by atoms with E-state index in [-0.39, 0.29) is 24.0 Å². The van der Waals surface area contributed by atoms with Crippen molar-refractivity contribution in [3.8, 4) is 0 Å². The molecule has 3 rings (SSSR count). The number of ether oxygens (including phenoxy) is 1. The Labute approximate surface area is 159 Å². The van der Waals surface area contributed by atoms with Crippen molar-refractivity contribution in [1.82, 2.24) is 15.3 Å². The van der Waals surface area contributed by atoms with Crippen molar-refractivity contribution in [1.29, 1.82) is 0 Å². The van der Waals surface area contributed by atoms with Gasteiger partial charge in [0.15, 0.2) is 0 Å². The van der Waals surface area contributed by atoms with Crippen LogP contribution in [-0.4, -0.2) is 28.4 Å². The molecule has 1 amide bonds. The number of nitrogens with zero attached hydrogens (tertiary/aromatic N) is 2. The average molecular weight is 390 g/mol. The smallest absolute Gasteiger partial charge is 0.325 e. The third-order valence-corrected chi connectivity index (χ3v) is 4.05. The summed E-state index contributed by atoms with van der Waals surface area (Å²) in [6, 6.07) is 12.2. The maximum Gasteiger partial charge on any atom is 0.325 e. The van der Waals surface area contributed by atoms with E-state index in [2.05, 4.69) is 15.3 Å². The van der Waals surface area contributed by atoms with Gasteiger partial charge < -0.3 is 10.1 Å². The molecule has 1 N–H and O–H groups in total. The molecule has 8 heteroatoms. The molecule has 0 aliphatic heterocycles. The van der Waals surface area contributed by atoms with Crippen LogP contribution in [0, 0.1) is 0 Å². The quantitative estimate of drug-likeness (QED) is 0.534. The molecule has 0 aliphatic rings. The Morgan fingerprint density at radius 3 is 2.73 bits per heavy atom. The molecule has 0 bridgehead atoms. The summed E-state index contributed by atoms with van der Waals surface area (Å²) in [5.74, 6) is -1.13.